The zero-order valence-electron chi connectivity index (χ0n) is 21.0. The maximum absolute atomic E-state index is 10.9. The van der Waals surface area contributed by atoms with E-state index in [1.165, 1.54) is 50.5 Å². The van der Waals surface area contributed by atoms with Crippen molar-refractivity contribution in [3.63, 3.8) is 0 Å². The Morgan fingerprint density at radius 3 is 2.61 bits per heavy atom. The minimum absolute atomic E-state index is 0.0620. The highest BCUT2D eigenvalue weighted by Crippen LogP contribution is 2.43. The van der Waals surface area contributed by atoms with E-state index in [0.717, 1.165) is 25.2 Å². The molecule has 0 amide bonds. The summed E-state index contributed by atoms with van der Waals surface area (Å²) in [6, 6.07) is 0. The van der Waals surface area contributed by atoms with Gasteiger partial charge in [0.25, 0.3) is 0 Å². The average Bonchev–Trinajstić information content (AvgIpc) is 2.71. The fourth-order valence-corrected chi connectivity index (χ4v) is 5.29. The quantitative estimate of drug-likeness (QED) is 0.320. The Morgan fingerprint density at radius 2 is 1.90 bits per heavy atom. The molecule has 0 spiro atoms. The summed E-state index contributed by atoms with van der Waals surface area (Å²) in [6.07, 6.45) is 18.9. The van der Waals surface area contributed by atoms with Crippen LogP contribution in [0.3, 0.4) is 0 Å². The van der Waals surface area contributed by atoms with Crippen molar-refractivity contribution >= 4 is 5.97 Å². The Hall–Kier alpha value is -1.09. The first-order valence-corrected chi connectivity index (χ1v) is 12.9. The number of carboxylic acids is 1. The van der Waals surface area contributed by atoms with Crippen molar-refractivity contribution in [2.75, 3.05) is 0 Å². The van der Waals surface area contributed by atoms with Crippen molar-refractivity contribution in [3.05, 3.63) is 23.8 Å². The lowest BCUT2D eigenvalue weighted by Crippen LogP contribution is -2.47. The van der Waals surface area contributed by atoms with Crippen molar-refractivity contribution in [1.82, 2.24) is 0 Å². The first-order chi connectivity index (χ1) is 14.6. The van der Waals surface area contributed by atoms with Gasteiger partial charge in [-0.05, 0) is 76.5 Å². The van der Waals surface area contributed by atoms with Gasteiger partial charge in [0.15, 0.2) is 0 Å². The number of rotatable bonds is 12. The minimum Gasteiger partial charge on any atom is -0.481 e. The van der Waals surface area contributed by atoms with E-state index in [9.17, 15) is 4.79 Å². The maximum Gasteiger partial charge on any atom is 0.306 e. The van der Waals surface area contributed by atoms with Gasteiger partial charge in [-0.2, -0.15) is 0 Å². The van der Waals surface area contributed by atoms with Crippen LogP contribution in [-0.4, -0.2) is 22.8 Å². The van der Waals surface area contributed by atoms with Crippen LogP contribution in [0.25, 0.3) is 0 Å². The fraction of sp³-hybridized carbons (Fsp3) is 0.821. The van der Waals surface area contributed by atoms with E-state index in [-0.39, 0.29) is 11.5 Å². The Balaban J connectivity index is 1.63. The van der Waals surface area contributed by atoms with Crippen molar-refractivity contribution in [1.29, 1.82) is 0 Å². The molecule has 3 nitrogen and oxygen atoms in total. The molecule has 2 rings (SSSR count). The second-order valence-corrected chi connectivity index (χ2v) is 11.1. The molecule has 7 unspecified atom stereocenters. The summed E-state index contributed by atoms with van der Waals surface area (Å²) < 4.78 is 6.73. The van der Waals surface area contributed by atoms with Crippen LogP contribution in [0.15, 0.2) is 23.8 Å². The van der Waals surface area contributed by atoms with Gasteiger partial charge in [0.05, 0.1) is 17.6 Å². The Labute approximate surface area is 191 Å². The lowest BCUT2D eigenvalue weighted by Gasteiger charge is -2.47. The molecule has 2 aliphatic rings. The van der Waals surface area contributed by atoms with Crippen LogP contribution in [0.1, 0.15) is 106 Å². The summed E-state index contributed by atoms with van der Waals surface area (Å²) in [4.78, 5) is 10.9. The molecule has 1 N–H and O–H groups in total. The number of allylic oxidation sites excluding steroid dienone is 3. The molecule has 0 saturated carbocycles. The molecule has 0 bridgehead atoms. The van der Waals surface area contributed by atoms with Crippen LogP contribution in [0, 0.1) is 29.6 Å². The summed E-state index contributed by atoms with van der Waals surface area (Å²) in [6.45, 7) is 13.4. The van der Waals surface area contributed by atoms with Crippen molar-refractivity contribution < 1.29 is 14.6 Å². The largest absolute Gasteiger partial charge is 0.481 e. The summed E-state index contributed by atoms with van der Waals surface area (Å²) >= 11 is 0. The molecule has 1 heterocycles. The third-order valence-corrected chi connectivity index (χ3v) is 8.04. The highest BCUT2D eigenvalue weighted by molar-refractivity contribution is 5.69. The van der Waals surface area contributed by atoms with Gasteiger partial charge in [-0.15, -0.1) is 0 Å². The first-order valence-electron chi connectivity index (χ1n) is 12.9. The normalized spacial score (nSPS) is 33.0. The highest BCUT2D eigenvalue weighted by Gasteiger charge is 2.42. The predicted octanol–water partition coefficient (Wildman–Crippen LogP) is 7.81. The van der Waals surface area contributed by atoms with Gasteiger partial charge >= 0.3 is 5.97 Å². The minimum atomic E-state index is -0.688. The molecule has 178 valence electrons. The van der Waals surface area contributed by atoms with Crippen LogP contribution >= 0.6 is 0 Å². The molecule has 1 saturated heterocycles. The maximum atomic E-state index is 10.9. The van der Waals surface area contributed by atoms with Crippen LogP contribution in [0.5, 0.6) is 0 Å². The van der Waals surface area contributed by atoms with Gasteiger partial charge in [0.2, 0.25) is 0 Å². The number of fused-ring (bicyclic) bond motifs is 1. The topological polar surface area (TPSA) is 46.5 Å². The lowest BCUT2D eigenvalue weighted by molar-refractivity contribution is -0.164. The van der Waals surface area contributed by atoms with Crippen molar-refractivity contribution in [3.8, 4) is 0 Å². The van der Waals surface area contributed by atoms with Crippen LogP contribution in [-0.2, 0) is 9.53 Å². The zero-order chi connectivity index (χ0) is 23.0. The molecule has 1 aliphatic heterocycles. The number of hydrogen-bond acceptors (Lipinski definition) is 2. The van der Waals surface area contributed by atoms with Crippen LogP contribution < -0.4 is 0 Å². The molecule has 1 aliphatic carbocycles. The summed E-state index contributed by atoms with van der Waals surface area (Å²) in [7, 11) is 0. The molecule has 0 aromatic carbocycles. The summed E-state index contributed by atoms with van der Waals surface area (Å²) in [5.41, 5.74) is 1.47. The highest BCUT2D eigenvalue weighted by atomic mass is 16.5. The van der Waals surface area contributed by atoms with E-state index >= 15 is 0 Å². The predicted molar refractivity (Wildman–Crippen MR) is 130 cm³/mol. The monoisotopic (exact) mass is 432 g/mol. The molecule has 31 heavy (non-hydrogen) atoms. The standard InChI is InChI=1S/C28H48O3/c1-20(12-8-14-23(4)27(29)30)10-7-11-21(2)13-9-18-28(6)19-17-25-16-15-22(3)24(5)26(25)31-28/h12,15-16,21-26H,7-11,13-14,17-19H2,1-6H3,(H,29,30). The number of hydrogen-bond donors (Lipinski definition) is 1. The Bertz CT molecular complexity index is 622. The second kappa shape index (κ2) is 12.2. The Kier molecular flexibility index (Phi) is 10.3. The second-order valence-electron chi connectivity index (χ2n) is 11.1. The molecule has 0 aromatic rings. The van der Waals surface area contributed by atoms with E-state index in [2.05, 4.69) is 52.8 Å². The average molecular weight is 433 g/mol. The summed E-state index contributed by atoms with van der Waals surface area (Å²) in [5, 5.41) is 8.96. The smallest absolute Gasteiger partial charge is 0.306 e. The van der Waals surface area contributed by atoms with Gasteiger partial charge in [-0.1, -0.05) is 70.8 Å². The van der Waals surface area contributed by atoms with Crippen LogP contribution in [0.2, 0.25) is 0 Å². The third-order valence-electron chi connectivity index (χ3n) is 8.04. The number of aliphatic carboxylic acids is 1. The molecule has 0 radical (unpaired) electrons. The number of carboxylic acid groups (broad SMARTS) is 1. The van der Waals surface area contributed by atoms with Gasteiger partial charge < -0.3 is 9.84 Å². The van der Waals surface area contributed by atoms with E-state index in [1.807, 2.05) is 0 Å². The molecule has 1 fully saturated rings. The van der Waals surface area contributed by atoms with E-state index in [0.29, 0.717) is 23.9 Å². The van der Waals surface area contributed by atoms with Crippen molar-refractivity contribution in [2.45, 2.75) is 117 Å². The van der Waals surface area contributed by atoms with E-state index < -0.39 is 5.97 Å². The number of carbonyl (C=O) groups is 1. The lowest BCUT2D eigenvalue weighted by atomic mass is 9.72. The summed E-state index contributed by atoms with van der Waals surface area (Å²) in [5.74, 6) is 1.70. The van der Waals surface area contributed by atoms with Gasteiger partial charge in [-0.3, -0.25) is 4.79 Å². The SMILES string of the molecule is CC(=CCCC(C)C(=O)O)CCCC(C)CCCC1(C)CCC2C=CC(C)C(C)C2O1. The van der Waals surface area contributed by atoms with E-state index in [4.69, 9.17) is 9.84 Å². The molecular formula is C28H48O3. The van der Waals surface area contributed by atoms with E-state index in [1.54, 1.807) is 6.92 Å². The van der Waals surface area contributed by atoms with Crippen molar-refractivity contribution in [2.24, 2.45) is 29.6 Å². The fourth-order valence-electron chi connectivity index (χ4n) is 5.29. The molecule has 7 atom stereocenters. The van der Waals surface area contributed by atoms with Gasteiger partial charge in [-0.25, -0.2) is 0 Å². The molecule has 0 aromatic heterocycles. The zero-order valence-corrected chi connectivity index (χ0v) is 21.0. The number of ether oxygens (including phenoxy) is 1. The van der Waals surface area contributed by atoms with Gasteiger partial charge in [0, 0.05) is 5.92 Å². The van der Waals surface area contributed by atoms with Gasteiger partial charge in [0.1, 0.15) is 0 Å². The Morgan fingerprint density at radius 1 is 1.19 bits per heavy atom. The third kappa shape index (κ3) is 8.40. The first kappa shape index (κ1) is 26.2. The molecular weight excluding hydrogens is 384 g/mol. The molecule has 3 heteroatoms. The van der Waals surface area contributed by atoms with Crippen LogP contribution in [0.4, 0.5) is 0 Å².